The van der Waals surface area contributed by atoms with Crippen molar-refractivity contribution in [1.29, 1.82) is 5.41 Å². The number of rotatable bonds is 18. The molecule has 84 heavy (non-hydrogen) atoms. The van der Waals surface area contributed by atoms with Crippen LogP contribution in [0.15, 0.2) is 48.5 Å². The zero-order valence-corrected chi connectivity index (χ0v) is 47.8. The van der Waals surface area contributed by atoms with Crippen LogP contribution in [0.3, 0.4) is 0 Å². The van der Waals surface area contributed by atoms with Gasteiger partial charge in [0.15, 0.2) is 55.3 Å². The van der Waals surface area contributed by atoms with E-state index in [1.165, 1.54) is 48.5 Å². The molecule has 454 valence electrons. The van der Waals surface area contributed by atoms with Crippen LogP contribution in [0.1, 0.15) is 96.8 Å². The van der Waals surface area contributed by atoms with Crippen LogP contribution in [0.4, 0.5) is 0 Å². The SMILES string of the molecule is CC(=O)OCC1OC(OCC2OC(OC(=N)C(Cl)(Cl)Cl)C(OC3OC(COC(C)=O)C(OC(C)=O)C(OC(C)=O)C3N3C(=O)c4ccccc4C3=O)C(OC(C)=O)C2OC(C)=O)C(N2C(=O)c3ccccc3C2=O)C(OC(C)=O)C1OC(C)=O. The molecule has 0 aromatic heterocycles. The minimum absolute atomic E-state index is 0.128. The molecular formula is C52H54Cl3N3O26. The maximum Gasteiger partial charge on any atom is 0.303 e. The summed E-state index contributed by atoms with van der Waals surface area (Å²) < 4.78 is 79.6. The Hall–Kier alpha value is -7.38. The van der Waals surface area contributed by atoms with Crippen molar-refractivity contribution in [3.63, 3.8) is 0 Å². The van der Waals surface area contributed by atoms with E-state index >= 15 is 0 Å². The van der Waals surface area contributed by atoms with Crippen molar-refractivity contribution in [2.75, 3.05) is 19.8 Å². The van der Waals surface area contributed by atoms with E-state index in [9.17, 15) is 57.5 Å². The first-order valence-corrected chi connectivity index (χ1v) is 26.4. The standard InChI is InChI=1S/C52H54Cl3N3O26/c1-20(59)71-17-32-37(74-22(3)61)40(77-25(6)64)35(57-44(67)28-13-9-10-14-29(28)45(57)68)48(80-32)73-19-34-39(76-24(5)63)42(79-27(8)66)43(50(82-34)84-51(56)52(53,54)55)83-49-36(58-46(69)30-15-11-12-16-31(30)47(58)70)41(78-26(7)65)38(75-23(4)62)33(81-49)18-72-21(2)60/h9-16,32-43,48-50,56H,17-19H2,1-8H3. The first kappa shape index (κ1) is 64.2. The summed E-state index contributed by atoms with van der Waals surface area (Å²) >= 11 is 18.4. The Morgan fingerprint density at radius 2 is 0.738 bits per heavy atom. The molecule has 5 heterocycles. The van der Waals surface area contributed by atoms with Gasteiger partial charge in [-0.05, 0) is 24.3 Å². The third-order valence-electron chi connectivity index (χ3n) is 13.0. The second-order valence-electron chi connectivity index (χ2n) is 19.1. The molecule has 5 aliphatic heterocycles. The molecule has 3 fully saturated rings. The number of nitrogens with one attached hydrogen (secondary N) is 1. The number of halogens is 3. The van der Waals surface area contributed by atoms with Gasteiger partial charge in [0.1, 0.15) is 43.6 Å². The number of benzene rings is 2. The van der Waals surface area contributed by atoms with Gasteiger partial charge in [-0.1, -0.05) is 59.1 Å². The Labute approximate surface area is 491 Å². The molecule has 32 heteroatoms. The average molecular weight is 1240 g/mol. The van der Waals surface area contributed by atoms with Crippen LogP contribution in [0.25, 0.3) is 0 Å². The topological polar surface area (TPSA) is 364 Å². The average Bonchev–Trinajstić information content (AvgIpc) is 1.59. The number of amides is 4. The third kappa shape index (κ3) is 14.4. The van der Waals surface area contributed by atoms with Crippen LogP contribution in [-0.2, 0) is 105 Å². The van der Waals surface area contributed by atoms with Crippen LogP contribution in [0, 0.1) is 5.41 Å². The predicted octanol–water partition coefficient (Wildman–Crippen LogP) is 1.97. The molecule has 0 radical (unpaired) electrons. The summed E-state index contributed by atoms with van der Waals surface area (Å²) in [5.41, 5.74) is -0.600. The van der Waals surface area contributed by atoms with E-state index in [2.05, 4.69) is 0 Å². The van der Waals surface area contributed by atoms with Gasteiger partial charge >= 0.3 is 47.8 Å². The summed E-state index contributed by atoms with van der Waals surface area (Å²) in [4.78, 5) is 162. The van der Waals surface area contributed by atoms with Crippen molar-refractivity contribution in [3.05, 3.63) is 70.8 Å². The second-order valence-corrected chi connectivity index (χ2v) is 21.4. The van der Waals surface area contributed by atoms with Crippen LogP contribution in [0.5, 0.6) is 0 Å². The first-order valence-electron chi connectivity index (χ1n) is 25.3. The fraction of sp³-hybridized carbons (Fsp3) is 0.519. The lowest BCUT2D eigenvalue weighted by Gasteiger charge is -2.50. The van der Waals surface area contributed by atoms with Crippen molar-refractivity contribution in [2.24, 2.45) is 0 Å². The number of nitrogens with zero attached hydrogens (tertiary/aromatic N) is 2. The van der Waals surface area contributed by atoms with Crippen LogP contribution in [-0.4, -0.2) is 203 Å². The number of carbonyl (C=O) groups excluding carboxylic acids is 12. The number of hydrogen-bond donors (Lipinski definition) is 1. The molecule has 15 unspecified atom stereocenters. The van der Waals surface area contributed by atoms with E-state index in [0.717, 1.165) is 55.4 Å². The number of fused-ring (bicyclic) bond motifs is 2. The molecule has 0 spiro atoms. The molecule has 1 N–H and O–H groups in total. The number of esters is 8. The van der Waals surface area contributed by atoms with Gasteiger partial charge in [-0.25, -0.2) is 0 Å². The lowest BCUT2D eigenvalue weighted by atomic mass is 9.93. The predicted molar refractivity (Wildman–Crippen MR) is 274 cm³/mol. The van der Waals surface area contributed by atoms with Gasteiger partial charge in [-0.3, -0.25) is 72.7 Å². The quantitative estimate of drug-likeness (QED) is 0.0557. The lowest BCUT2D eigenvalue weighted by Crippen LogP contribution is -2.70. The third-order valence-corrected chi connectivity index (χ3v) is 13.5. The van der Waals surface area contributed by atoms with Gasteiger partial charge in [0, 0.05) is 55.4 Å². The van der Waals surface area contributed by atoms with E-state index in [1.807, 2.05) is 0 Å². The fourth-order valence-electron chi connectivity index (χ4n) is 9.96. The molecule has 0 bridgehead atoms. The van der Waals surface area contributed by atoms with Crippen molar-refractivity contribution in [1.82, 2.24) is 9.80 Å². The molecule has 29 nitrogen and oxygen atoms in total. The van der Waals surface area contributed by atoms with E-state index in [1.54, 1.807) is 0 Å². The van der Waals surface area contributed by atoms with Gasteiger partial charge in [-0.15, -0.1) is 0 Å². The van der Waals surface area contributed by atoms with E-state index in [4.69, 9.17) is 107 Å². The van der Waals surface area contributed by atoms with Gasteiger partial charge in [0.25, 0.3) is 27.4 Å². The summed E-state index contributed by atoms with van der Waals surface area (Å²) in [5, 5.41) is 8.70. The molecular weight excluding hydrogens is 1190 g/mol. The molecule has 4 amide bonds. The van der Waals surface area contributed by atoms with Crippen molar-refractivity contribution < 1.29 is 124 Å². The highest BCUT2D eigenvalue weighted by Gasteiger charge is 2.62. The summed E-state index contributed by atoms with van der Waals surface area (Å²) in [5.74, 6) is -13.5. The zero-order valence-electron chi connectivity index (χ0n) is 45.5. The Morgan fingerprint density at radius 3 is 1.10 bits per heavy atom. The van der Waals surface area contributed by atoms with Crippen LogP contribution in [0.2, 0.25) is 0 Å². The van der Waals surface area contributed by atoms with Crippen molar-refractivity contribution in [3.8, 4) is 0 Å². The highest BCUT2D eigenvalue weighted by Crippen LogP contribution is 2.41. The summed E-state index contributed by atoms with van der Waals surface area (Å²) in [7, 11) is 0. The number of ether oxygens (including phenoxy) is 14. The molecule has 3 saturated heterocycles. The Bertz CT molecular complexity index is 2920. The van der Waals surface area contributed by atoms with Gasteiger partial charge < -0.3 is 66.3 Å². The van der Waals surface area contributed by atoms with E-state index < -0.39 is 193 Å². The molecule has 0 saturated carbocycles. The number of alkyl halides is 3. The highest BCUT2D eigenvalue weighted by molar-refractivity contribution is 6.76. The van der Waals surface area contributed by atoms with Gasteiger partial charge in [-0.2, -0.15) is 0 Å². The maximum absolute atomic E-state index is 14.5. The number of carbonyl (C=O) groups is 12. The first-order chi connectivity index (χ1) is 39.5. The highest BCUT2D eigenvalue weighted by atomic mass is 35.6. The van der Waals surface area contributed by atoms with Gasteiger partial charge in [0.05, 0.1) is 28.9 Å². The van der Waals surface area contributed by atoms with Crippen molar-refractivity contribution >= 4 is 112 Å². The number of imide groups is 2. The number of hydrogen-bond acceptors (Lipinski definition) is 27. The Morgan fingerprint density at radius 1 is 0.429 bits per heavy atom. The molecule has 5 aliphatic rings. The molecule has 2 aromatic rings. The van der Waals surface area contributed by atoms with E-state index in [0.29, 0.717) is 9.80 Å². The summed E-state index contributed by atoms with van der Waals surface area (Å²) in [6, 6.07) is 7.01. The summed E-state index contributed by atoms with van der Waals surface area (Å²) in [6.07, 6.45) is -25.8. The maximum atomic E-state index is 14.5. The fourth-order valence-corrected chi connectivity index (χ4v) is 10.1. The minimum atomic E-state index is -2.75. The molecule has 2 aromatic carbocycles. The minimum Gasteiger partial charge on any atom is -0.463 e. The second kappa shape index (κ2) is 26.7. The van der Waals surface area contributed by atoms with Crippen LogP contribution >= 0.6 is 34.8 Å². The van der Waals surface area contributed by atoms with E-state index in [-0.39, 0.29) is 22.3 Å². The van der Waals surface area contributed by atoms with Gasteiger partial charge in [0.2, 0.25) is 12.2 Å². The summed E-state index contributed by atoms with van der Waals surface area (Å²) in [6.45, 7) is 5.05. The monoisotopic (exact) mass is 1240 g/mol. The normalized spacial score (nSPS) is 29.1. The molecule has 0 aliphatic carbocycles. The Kier molecular flexibility index (Phi) is 20.4. The zero-order chi connectivity index (χ0) is 61.8. The largest absolute Gasteiger partial charge is 0.463 e. The molecule has 15 atom stereocenters. The Balaban J connectivity index is 1.37. The van der Waals surface area contributed by atoms with Crippen molar-refractivity contribution in [2.45, 2.75) is 151 Å². The van der Waals surface area contributed by atoms with Crippen LogP contribution < -0.4 is 0 Å². The smallest absolute Gasteiger partial charge is 0.303 e. The molecule has 7 rings (SSSR count). The lowest BCUT2D eigenvalue weighted by molar-refractivity contribution is -0.356.